The van der Waals surface area contributed by atoms with Gasteiger partial charge in [0.15, 0.2) is 5.82 Å². The molecule has 0 spiro atoms. The molecule has 3 N–H and O–H groups in total. The number of ether oxygens (including phenoxy) is 1. The lowest BCUT2D eigenvalue weighted by molar-refractivity contribution is -0.120. The van der Waals surface area contributed by atoms with Gasteiger partial charge in [-0.15, -0.1) is 10.2 Å². The van der Waals surface area contributed by atoms with Gasteiger partial charge in [-0.2, -0.15) is 0 Å². The maximum absolute atomic E-state index is 12.3. The Morgan fingerprint density at radius 2 is 1.81 bits per heavy atom. The van der Waals surface area contributed by atoms with Gasteiger partial charge in [-0.1, -0.05) is 32.5 Å². The molecule has 1 aromatic carbocycles. The van der Waals surface area contributed by atoms with Crippen LogP contribution in [0.4, 0.5) is 0 Å². The average molecular weight is 392 g/mol. The van der Waals surface area contributed by atoms with E-state index >= 15 is 0 Å². The van der Waals surface area contributed by atoms with Crippen molar-refractivity contribution in [1.29, 1.82) is 0 Å². The van der Waals surface area contributed by atoms with E-state index in [1.807, 2.05) is 38.1 Å². The summed E-state index contributed by atoms with van der Waals surface area (Å²) in [6.45, 7) is 10.6. The quantitative estimate of drug-likeness (QED) is 0.556. The number of hydrogen-bond acceptors (Lipinski definition) is 6. The SMILES string of the molecule is COc1ccc(-c2nnc(SCC(=O)NC(C)(C)CC(C)(C)C)n2N)cc1. The number of benzene rings is 1. The number of nitrogens with two attached hydrogens (primary N) is 1. The number of nitrogens with zero attached hydrogens (tertiary/aromatic N) is 3. The van der Waals surface area contributed by atoms with Gasteiger partial charge in [0, 0.05) is 11.1 Å². The van der Waals surface area contributed by atoms with Crippen molar-refractivity contribution in [2.45, 2.75) is 51.7 Å². The van der Waals surface area contributed by atoms with Crippen LogP contribution in [-0.4, -0.2) is 39.2 Å². The Labute approximate surface area is 165 Å². The maximum atomic E-state index is 12.3. The highest BCUT2D eigenvalue weighted by Crippen LogP contribution is 2.27. The Hall–Kier alpha value is -2.22. The molecule has 1 aromatic heterocycles. The summed E-state index contributed by atoms with van der Waals surface area (Å²) in [5.41, 5.74) is 0.684. The Bertz CT molecular complexity index is 778. The predicted octanol–water partition coefficient (Wildman–Crippen LogP) is 3.09. The zero-order chi connectivity index (χ0) is 20.2. The van der Waals surface area contributed by atoms with Crippen molar-refractivity contribution in [2.75, 3.05) is 18.7 Å². The van der Waals surface area contributed by atoms with Crippen molar-refractivity contribution in [2.24, 2.45) is 5.41 Å². The number of nitrogens with one attached hydrogen (secondary N) is 1. The number of carbonyl (C=O) groups is 1. The van der Waals surface area contributed by atoms with E-state index in [0.29, 0.717) is 11.0 Å². The molecule has 0 aliphatic rings. The smallest absolute Gasteiger partial charge is 0.230 e. The first-order valence-corrected chi connectivity index (χ1v) is 9.78. The second kappa shape index (κ2) is 8.21. The molecule has 0 fully saturated rings. The van der Waals surface area contributed by atoms with E-state index in [-0.39, 0.29) is 22.6 Å². The van der Waals surface area contributed by atoms with Gasteiger partial charge in [0.25, 0.3) is 0 Å². The number of amides is 1. The molecule has 0 radical (unpaired) electrons. The number of rotatable bonds is 7. The molecule has 1 amide bonds. The summed E-state index contributed by atoms with van der Waals surface area (Å²) >= 11 is 1.26. The lowest BCUT2D eigenvalue weighted by Crippen LogP contribution is -2.46. The molecule has 1 heterocycles. The molecule has 0 unspecified atom stereocenters. The van der Waals surface area contributed by atoms with Gasteiger partial charge in [0.05, 0.1) is 12.9 Å². The summed E-state index contributed by atoms with van der Waals surface area (Å²) in [4.78, 5) is 12.3. The third kappa shape index (κ3) is 6.16. The minimum Gasteiger partial charge on any atom is -0.497 e. The van der Waals surface area contributed by atoms with E-state index in [0.717, 1.165) is 17.7 Å². The predicted molar refractivity (Wildman–Crippen MR) is 109 cm³/mol. The summed E-state index contributed by atoms with van der Waals surface area (Å²) in [5, 5.41) is 11.8. The van der Waals surface area contributed by atoms with E-state index in [4.69, 9.17) is 10.6 Å². The molecule has 148 valence electrons. The van der Waals surface area contributed by atoms with Crippen molar-refractivity contribution in [3.05, 3.63) is 24.3 Å². The van der Waals surface area contributed by atoms with Crippen molar-refractivity contribution in [3.8, 4) is 17.1 Å². The molecular formula is C19H29N5O2S. The number of aromatic nitrogens is 3. The van der Waals surface area contributed by atoms with Gasteiger partial charge in [-0.25, -0.2) is 4.68 Å². The average Bonchev–Trinajstić information content (AvgIpc) is 2.91. The first-order valence-electron chi connectivity index (χ1n) is 8.79. The van der Waals surface area contributed by atoms with E-state index in [2.05, 4.69) is 36.3 Å². The van der Waals surface area contributed by atoms with Gasteiger partial charge in [0.1, 0.15) is 5.75 Å². The lowest BCUT2D eigenvalue weighted by atomic mass is 9.82. The van der Waals surface area contributed by atoms with E-state index in [9.17, 15) is 4.79 Å². The van der Waals surface area contributed by atoms with Crippen LogP contribution in [0.1, 0.15) is 41.0 Å². The molecular weight excluding hydrogens is 362 g/mol. The van der Waals surface area contributed by atoms with Crippen LogP contribution in [0, 0.1) is 5.41 Å². The summed E-state index contributed by atoms with van der Waals surface area (Å²) < 4.78 is 6.56. The number of thioether (sulfide) groups is 1. The van der Waals surface area contributed by atoms with Crippen molar-refractivity contribution in [1.82, 2.24) is 20.2 Å². The molecule has 27 heavy (non-hydrogen) atoms. The zero-order valence-corrected chi connectivity index (χ0v) is 17.7. The van der Waals surface area contributed by atoms with Gasteiger partial charge < -0.3 is 15.9 Å². The van der Waals surface area contributed by atoms with Gasteiger partial charge in [-0.3, -0.25) is 4.79 Å². The van der Waals surface area contributed by atoms with E-state index in [1.54, 1.807) is 7.11 Å². The summed E-state index contributed by atoms with van der Waals surface area (Å²) in [7, 11) is 1.61. The van der Waals surface area contributed by atoms with Crippen molar-refractivity contribution >= 4 is 17.7 Å². The van der Waals surface area contributed by atoms with E-state index in [1.165, 1.54) is 16.4 Å². The van der Waals surface area contributed by atoms with Gasteiger partial charge in [0.2, 0.25) is 11.1 Å². The monoisotopic (exact) mass is 391 g/mol. The largest absolute Gasteiger partial charge is 0.497 e. The van der Waals surface area contributed by atoms with Crippen LogP contribution < -0.4 is 15.9 Å². The topological polar surface area (TPSA) is 95.1 Å². The van der Waals surface area contributed by atoms with Crippen LogP contribution in [-0.2, 0) is 4.79 Å². The van der Waals surface area contributed by atoms with Crippen LogP contribution in [0.15, 0.2) is 29.4 Å². The minimum atomic E-state index is -0.277. The van der Waals surface area contributed by atoms with Gasteiger partial charge in [-0.05, 0) is 49.9 Å². The molecule has 0 saturated carbocycles. The Morgan fingerprint density at radius 3 is 2.37 bits per heavy atom. The van der Waals surface area contributed by atoms with Crippen molar-refractivity contribution in [3.63, 3.8) is 0 Å². The van der Waals surface area contributed by atoms with Gasteiger partial charge >= 0.3 is 0 Å². The van der Waals surface area contributed by atoms with Crippen LogP contribution in [0.25, 0.3) is 11.4 Å². The highest BCUT2D eigenvalue weighted by Gasteiger charge is 2.27. The molecule has 0 aliphatic heterocycles. The summed E-state index contributed by atoms with van der Waals surface area (Å²) in [6.07, 6.45) is 0.880. The minimum absolute atomic E-state index is 0.0525. The fraction of sp³-hybridized carbons (Fsp3) is 0.526. The Balaban J connectivity index is 1.98. The highest BCUT2D eigenvalue weighted by molar-refractivity contribution is 7.99. The van der Waals surface area contributed by atoms with E-state index < -0.39 is 0 Å². The Kier molecular flexibility index (Phi) is 6.41. The lowest BCUT2D eigenvalue weighted by Gasteiger charge is -2.33. The third-order valence-corrected chi connectivity index (χ3v) is 4.74. The zero-order valence-electron chi connectivity index (χ0n) is 16.9. The number of methoxy groups -OCH3 is 1. The number of hydrogen-bond donors (Lipinski definition) is 2. The number of nitrogen functional groups attached to an aromatic ring is 1. The molecule has 2 rings (SSSR count). The summed E-state index contributed by atoms with van der Waals surface area (Å²) in [5.74, 6) is 7.58. The van der Waals surface area contributed by atoms with Crippen LogP contribution >= 0.6 is 11.8 Å². The van der Waals surface area contributed by atoms with Crippen molar-refractivity contribution < 1.29 is 9.53 Å². The Morgan fingerprint density at radius 1 is 1.19 bits per heavy atom. The molecule has 7 nitrogen and oxygen atoms in total. The molecule has 2 aromatic rings. The second-order valence-electron chi connectivity index (χ2n) is 8.36. The molecule has 0 saturated heterocycles. The normalized spacial score (nSPS) is 12.1. The van der Waals surface area contributed by atoms with Crippen LogP contribution in [0.3, 0.4) is 0 Å². The third-order valence-electron chi connectivity index (χ3n) is 3.80. The fourth-order valence-corrected chi connectivity index (χ4v) is 3.88. The highest BCUT2D eigenvalue weighted by atomic mass is 32.2. The molecule has 8 heteroatoms. The molecule has 0 atom stereocenters. The standard InChI is InChI=1S/C19H29N5O2S/c1-18(2,3)12-19(4,5)21-15(25)11-27-17-23-22-16(24(17)20)13-7-9-14(26-6)10-8-13/h7-10H,11-12,20H2,1-6H3,(H,21,25). The maximum Gasteiger partial charge on any atom is 0.230 e. The molecule has 0 aliphatic carbocycles. The first kappa shape index (κ1) is 21.1. The first-order chi connectivity index (χ1) is 12.5. The fourth-order valence-electron chi connectivity index (χ4n) is 3.23. The number of carbonyl (C=O) groups excluding carboxylic acids is 1. The molecule has 0 bridgehead atoms. The van der Waals surface area contributed by atoms with Crippen LogP contribution in [0.5, 0.6) is 5.75 Å². The second-order valence-corrected chi connectivity index (χ2v) is 9.31. The summed E-state index contributed by atoms with van der Waals surface area (Å²) in [6, 6.07) is 7.40. The van der Waals surface area contributed by atoms with Crippen LogP contribution in [0.2, 0.25) is 0 Å².